The summed E-state index contributed by atoms with van der Waals surface area (Å²) in [4.78, 5) is 14.2. The van der Waals surface area contributed by atoms with Gasteiger partial charge in [0.15, 0.2) is 0 Å². The Balaban J connectivity index is 1.75. The average molecular weight is 648 g/mol. The third-order valence-corrected chi connectivity index (χ3v) is 7.46. The molecule has 1 heterocycles. The Morgan fingerprint density at radius 1 is 0.951 bits per heavy atom. The molecule has 0 spiro atoms. The number of alkyl halides is 6. The number of carbonyl (C=O) groups excluding carboxylic acids is 1. The van der Waals surface area contributed by atoms with E-state index in [9.17, 15) is 35.5 Å². The third-order valence-electron chi connectivity index (χ3n) is 6.97. The Morgan fingerprint density at radius 2 is 1.56 bits per heavy atom. The number of carbonyl (C=O) groups is 1. The molecule has 1 aliphatic heterocycles. The van der Waals surface area contributed by atoms with Crippen LogP contribution in [0.2, 0.25) is 0 Å². The van der Waals surface area contributed by atoms with Gasteiger partial charge in [0, 0.05) is 16.1 Å². The molecule has 4 rings (SSSR count). The van der Waals surface area contributed by atoms with Crippen LogP contribution in [0.5, 0.6) is 5.75 Å². The van der Waals surface area contributed by atoms with Gasteiger partial charge in [-0.05, 0) is 71.5 Å². The number of halogens is 8. The van der Waals surface area contributed by atoms with Crippen LogP contribution in [0.15, 0.2) is 53.0 Å². The summed E-state index contributed by atoms with van der Waals surface area (Å²) in [7, 11) is 1.39. The van der Waals surface area contributed by atoms with Crippen LogP contribution >= 0.6 is 15.9 Å². The first-order valence-electron chi connectivity index (χ1n) is 12.4. The van der Waals surface area contributed by atoms with Crippen LogP contribution < -0.4 is 4.74 Å². The molecule has 0 aromatic heterocycles. The van der Waals surface area contributed by atoms with Gasteiger partial charge >= 0.3 is 18.4 Å². The molecule has 1 aliphatic rings. The van der Waals surface area contributed by atoms with Crippen LogP contribution in [0.3, 0.4) is 0 Å². The summed E-state index contributed by atoms with van der Waals surface area (Å²) in [5.74, 6) is -0.353. The van der Waals surface area contributed by atoms with Crippen molar-refractivity contribution in [3.63, 3.8) is 0 Å². The third kappa shape index (κ3) is 6.32. The Bertz CT molecular complexity index is 1440. The van der Waals surface area contributed by atoms with Crippen LogP contribution in [0.25, 0.3) is 11.1 Å². The van der Waals surface area contributed by atoms with E-state index in [0.29, 0.717) is 38.9 Å². The molecule has 4 nitrogen and oxygen atoms in total. The fourth-order valence-corrected chi connectivity index (χ4v) is 5.24. The molecule has 220 valence electrons. The van der Waals surface area contributed by atoms with Crippen LogP contribution in [0, 0.1) is 5.82 Å². The van der Waals surface area contributed by atoms with E-state index in [1.165, 1.54) is 25.0 Å². The maximum absolute atomic E-state index is 14.7. The molecule has 12 heteroatoms. The van der Waals surface area contributed by atoms with Crippen molar-refractivity contribution in [2.75, 3.05) is 7.11 Å². The molecule has 0 saturated carbocycles. The highest BCUT2D eigenvalue weighted by Gasteiger charge is 2.43. The van der Waals surface area contributed by atoms with Gasteiger partial charge in [0.05, 0.1) is 30.8 Å². The van der Waals surface area contributed by atoms with Crippen molar-refractivity contribution in [1.82, 2.24) is 4.90 Å². The van der Waals surface area contributed by atoms with E-state index < -0.39 is 53.1 Å². The van der Waals surface area contributed by atoms with Gasteiger partial charge in [0.2, 0.25) is 0 Å². The number of hydrogen-bond donors (Lipinski definition) is 0. The molecule has 2 atom stereocenters. The van der Waals surface area contributed by atoms with E-state index in [1.807, 2.05) is 13.8 Å². The molecular weight excluding hydrogens is 623 g/mol. The van der Waals surface area contributed by atoms with Gasteiger partial charge < -0.3 is 9.47 Å². The largest absolute Gasteiger partial charge is 0.496 e. The topological polar surface area (TPSA) is 38.8 Å². The minimum absolute atomic E-state index is 0.0258. The Hall–Kier alpha value is -3.28. The second-order valence-corrected chi connectivity index (χ2v) is 11.0. The molecule has 1 fully saturated rings. The first kappa shape index (κ1) is 30.7. The Kier molecular flexibility index (Phi) is 8.37. The van der Waals surface area contributed by atoms with Gasteiger partial charge in [-0.25, -0.2) is 9.18 Å². The molecule has 3 aromatic rings. The summed E-state index contributed by atoms with van der Waals surface area (Å²) in [5, 5.41) is 0. The summed E-state index contributed by atoms with van der Waals surface area (Å²) in [6.45, 7) is 5.04. The molecule has 3 aromatic carbocycles. The van der Waals surface area contributed by atoms with E-state index in [1.54, 1.807) is 24.3 Å². The standard InChI is InChI=1S/C29H25BrF7NO3/c1-14(2)22-11-23(25(40-4)12-24(22)31)21-6-5-20(30)9-17(21)13-38-15(3)26(41-27(38)39)16-7-18(28(32,33)34)10-19(8-16)29(35,36)37/h5-12,14-15,26H,13H2,1-4H3. The first-order chi connectivity index (χ1) is 19.0. The number of amides is 1. The van der Waals surface area contributed by atoms with E-state index in [0.717, 1.165) is 0 Å². The lowest BCUT2D eigenvalue weighted by molar-refractivity contribution is -0.143. The van der Waals surface area contributed by atoms with E-state index in [-0.39, 0.29) is 24.3 Å². The summed E-state index contributed by atoms with van der Waals surface area (Å²) in [5.41, 5.74) is -1.28. The van der Waals surface area contributed by atoms with Gasteiger partial charge in [-0.15, -0.1) is 0 Å². The average Bonchev–Trinajstić information content (AvgIpc) is 3.15. The van der Waals surface area contributed by atoms with Gasteiger partial charge in [-0.3, -0.25) is 4.90 Å². The number of ether oxygens (including phenoxy) is 2. The maximum Gasteiger partial charge on any atom is 0.416 e. The van der Waals surface area contributed by atoms with Crippen molar-refractivity contribution < 1.29 is 45.0 Å². The molecule has 0 radical (unpaired) electrons. The number of nitrogens with zero attached hydrogens (tertiary/aromatic N) is 1. The minimum atomic E-state index is -5.05. The number of methoxy groups -OCH3 is 1. The highest BCUT2D eigenvalue weighted by Crippen LogP contribution is 2.43. The number of cyclic esters (lactones) is 1. The van der Waals surface area contributed by atoms with Gasteiger partial charge in [-0.1, -0.05) is 35.8 Å². The van der Waals surface area contributed by atoms with Crippen LogP contribution in [0.4, 0.5) is 35.5 Å². The van der Waals surface area contributed by atoms with Crippen LogP contribution in [-0.2, 0) is 23.6 Å². The molecule has 0 N–H and O–H groups in total. The number of hydrogen-bond acceptors (Lipinski definition) is 3. The smallest absolute Gasteiger partial charge is 0.416 e. The van der Waals surface area contributed by atoms with Gasteiger partial charge in [0.1, 0.15) is 17.7 Å². The molecule has 1 saturated heterocycles. The van der Waals surface area contributed by atoms with Crippen molar-refractivity contribution in [1.29, 1.82) is 0 Å². The SMILES string of the molecule is COc1cc(F)c(C(C)C)cc1-c1ccc(Br)cc1CN1C(=O)OC(c2cc(C(F)(F)F)cc(C(F)(F)F)c2)C1C. The molecule has 0 aliphatic carbocycles. The van der Waals surface area contributed by atoms with Crippen LogP contribution in [0.1, 0.15) is 60.6 Å². The normalized spacial score (nSPS) is 17.8. The highest BCUT2D eigenvalue weighted by atomic mass is 79.9. The lowest BCUT2D eigenvalue weighted by Crippen LogP contribution is -2.31. The maximum atomic E-state index is 14.7. The zero-order valence-corrected chi connectivity index (χ0v) is 23.8. The second-order valence-electron chi connectivity index (χ2n) is 10.0. The molecule has 1 amide bonds. The van der Waals surface area contributed by atoms with Crippen LogP contribution in [-0.4, -0.2) is 24.1 Å². The van der Waals surface area contributed by atoms with Crippen molar-refractivity contribution in [3.8, 4) is 16.9 Å². The minimum Gasteiger partial charge on any atom is -0.496 e. The molecular formula is C29H25BrF7NO3. The number of benzene rings is 3. The van der Waals surface area contributed by atoms with E-state index in [4.69, 9.17) is 9.47 Å². The highest BCUT2D eigenvalue weighted by molar-refractivity contribution is 9.10. The van der Waals surface area contributed by atoms with E-state index in [2.05, 4.69) is 15.9 Å². The van der Waals surface area contributed by atoms with Crippen molar-refractivity contribution >= 4 is 22.0 Å². The lowest BCUT2D eigenvalue weighted by atomic mass is 9.93. The summed E-state index contributed by atoms with van der Waals surface area (Å²) in [6, 6.07) is 8.35. The second kappa shape index (κ2) is 11.2. The summed E-state index contributed by atoms with van der Waals surface area (Å²) < 4.78 is 107. The molecule has 41 heavy (non-hydrogen) atoms. The van der Waals surface area contributed by atoms with Gasteiger partial charge in [-0.2, -0.15) is 26.3 Å². The Labute approximate surface area is 240 Å². The number of rotatable bonds is 6. The van der Waals surface area contributed by atoms with E-state index >= 15 is 0 Å². The lowest BCUT2D eigenvalue weighted by Gasteiger charge is -2.24. The fourth-order valence-electron chi connectivity index (χ4n) is 4.84. The quantitative estimate of drug-likeness (QED) is 0.250. The molecule has 0 bridgehead atoms. The first-order valence-corrected chi connectivity index (χ1v) is 13.2. The van der Waals surface area contributed by atoms with Crippen molar-refractivity contribution in [3.05, 3.63) is 86.6 Å². The van der Waals surface area contributed by atoms with Gasteiger partial charge in [0.25, 0.3) is 0 Å². The van der Waals surface area contributed by atoms with Crippen molar-refractivity contribution in [2.24, 2.45) is 0 Å². The zero-order chi connectivity index (χ0) is 30.4. The fraction of sp³-hybridized carbons (Fsp3) is 0.345. The summed E-state index contributed by atoms with van der Waals surface area (Å²) >= 11 is 3.40. The summed E-state index contributed by atoms with van der Waals surface area (Å²) in [6.07, 6.45) is -12.4. The monoisotopic (exact) mass is 647 g/mol. The Morgan fingerprint density at radius 3 is 2.10 bits per heavy atom. The predicted octanol–water partition coefficient (Wildman–Crippen LogP) is 9.51. The molecule has 2 unspecified atom stereocenters. The predicted molar refractivity (Wildman–Crippen MR) is 141 cm³/mol. The van der Waals surface area contributed by atoms with Crippen molar-refractivity contribution in [2.45, 2.75) is 57.7 Å². The zero-order valence-electron chi connectivity index (χ0n) is 22.3.